The molecule has 100 valence electrons. The summed E-state index contributed by atoms with van der Waals surface area (Å²) in [6.07, 6.45) is 2.46. The van der Waals surface area contributed by atoms with Crippen LogP contribution in [0, 0.1) is 5.92 Å². The van der Waals surface area contributed by atoms with Gasteiger partial charge in [0.05, 0.1) is 18.3 Å². The van der Waals surface area contributed by atoms with Gasteiger partial charge in [-0.2, -0.15) is 0 Å². The summed E-state index contributed by atoms with van der Waals surface area (Å²) in [5.41, 5.74) is 6.83. The molecule has 0 fully saturated rings. The molecule has 0 saturated carbocycles. The Morgan fingerprint density at radius 1 is 1.44 bits per heavy atom. The summed E-state index contributed by atoms with van der Waals surface area (Å²) in [4.78, 5) is 18.2. The fraction of sp³-hybridized carbons (Fsp3) is 0.571. The van der Waals surface area contributed by atoms with E-state index in [9.17, 15) is 4.79 Å². The number of rotatable bonds is 6. The van der Waals surface area contributed by atoms with Gasteiger partial charge in [0.2, 0.25) is 5.91 Å². The number of aromatic nitrogens is 1. The van der Waals surface area contributed by atoms with Crippen molar-refractivity contribution < 1.29 is 4.79 Å². The van der Waals surface area contributed by atoms with Crippen LogP contribution in [0.25, 0.3) is 0 Å². The van der Waals surface area contributed by atoms with E-state index in [0.717, 1.165) is 12.1 Å². The highest BCUT2D eigenvalue weighted by molar-refractivity contribution is 5.81. The molecule has 0 spiro atoms. The van der Waals surface area contributed by atoms with Gasteiger partial charge in [-0.1, -0.05) is 19.9 Å². The zero-order chi connectivity index (χ0) is 13.5. The molecule has 0 radical (unpaired) electrons. The van der Waals surface area contributed by atoms with Crippen LogP contribution in [0.4, 0.5) is 0 Å². The predicted octanol–water partition coefficient (Wildman–Crippen LogP) is 1.80. The van der Waals surface area contributed by atoms with E-state index < -0.39 is 6.04 Å². The fourth-order valence-corrected chi connectivity index (χ4v) is 1.88. The molecule has 1 atom stereocenters. The van der Waals surface area contributed by atoms with Crippen molar-refractivity contribution in [2.75, 3.05) is 6.54 Å². The topological polar surface area (TPSA) is 59.2 Å². The number of likely N-dealkylation sites (N-methyl/N-ethyl adjacent to an activating group) is 1. The Morgan fingerprint density at radius 2 is 2.17 bits per heavy atom. The van der Waals surface area contributed by atoms with Crippen LogP contribution in [-0.2, 0) is 11.3 Å². The van der Waals surface area contributed by atoms with Crippen LogP contribution in [0.3, 0.4) is 0 Å². The molecule has 18 heavy (non-hydrogen) atoms. The minimum Gasteiger partial charge on any atom is -0.336 e. The lowest BCUT2D eigenvalue weighted by Gasteiger charge is -2.24. The molecule has 1 aromatic rings. The molecule has 0 saturated heterocycles. The van der Waals surface area contributed by atoms with Crippen LogP contribution in [0.1, 0.15) is 32.9 Å². The van der Waals surface area contributed by atoms with Gasteiger partial charge >= 0.3 is 0 Å². The molecule has 4 nitrogen and oxygen atoms in total. The van der Waals surface area contributed by atoms with E-state index in [1.807, 2.05) is 25.1 Å². The van der Waals surface area contributed by atoms with Crippen LogP contribution in [0.15, 0.2) is 24.4 Å². The van der Waals surface area contributed by atoms with Crippen LogP contribution in [-0.4, -0.2) is 28.4 Å². The first-order chi connectivity index (χ1) is 8.54. The lowest BCUT2D eigenvalue weighted by atomic mass is 10.0. The average Bonchev–Trinajstić information content (AvgIpc) is 2.35. The molecule has 0 unspecified atom stereocenters. The molecule has 0 aliphatic rings. The van der Waals surface area contributed by atoms with Crippen molar-refractivity contribution in [3.8, 4) is 0 Å². The largest absolute Gasteiger partial charge is 0.336 e. The van der Waals surface area contributed by atoms with Gasteiger partial charge in [-0.3, -0.25) is 9.78 Å². The zero-order valence-electron chi connectivity index (χ0n) is 11.5. The van der Waals surface area contributed by atoms with Crippen molar-refractivity contribution in [2.45, 2.75) is 39.8 Å². The predicted molar refractivity (Wildman–Crippen MR) is 72.8 cm³/mol. The summed E-state index contributed by atoms with van der Waals surface area (Å²) in [6, 6.07) is 5.30. The van der Waals surface area contributed by atoms with E-state index in [-0.39, 0.29) is 5.91 Å². The Labute approximate surface area is 109 Å². The number of carbonyl (C=O) groups excluding carboxylic acids is 1. The quantitative estimate of drug-likeness (QED) is 0.836. The number of hydrogen-bond donors (Lipinski definition) is 1. The monoisotopic (exact) mass is 249 g/mol. The first-order valence-electron chi connectivity index (χ1n) is 6.48. The lowest BCUT2D eigenvalue weighted by molar-refractivity contribution is -0.133. The first kappa shape index (κ1) is 14.6. The zero-order valence-corrected chi connectivity index (χ0v) is 11.5. The molecule has 1 rings (SSSR count). The molecule has 0 aliphatic heterocycles. The van der Waals surface area contributed by atoms with E-state index in [4.69, 9.17) is 5.73 Å². The Bertz CT molecular complexity index is 365. The summed E-state index contributed by atoms with van der Waals surface area (Å²) >= 11 is 0. The number of carbonyl (C=O) groups is 1. The van der Waals surface area contributed by atoms with E-state index in [1.165, 1.54) is 0 Å². The highest BCUT2D eigenvalue weighted by atomic mass is 16.2. The van der Waals surface area contributed by atoms with Crippen molar-refractivity contribution in [1.82, 2.24) is 9.88 Å². The van der Waals surface area contributed by atoms with Crippen molar-refractivity contribution >= 4 is 5.91 Å². The summed E-state index contributed by atoms with van der Waals surface area (Å²) in [5, 5.41) is 0. The Kier molecular flexibility index (Phi) is 5.78. The normalized spacial score (nSPS) is 12.5. The standard InChI is InChI=1S/C14H23N3O/c1-4-17(10-12-7-5-6-8-16-12)14(18)13(15)9-11(2)3/h5-8,11,13H,4,9-10,15H2,1-3H3/t13-/m0/s1. The number of nitrogens with two attached hydrogens (primary N) is 1. The van der Waals surface area contributed by atoms with Gasteiger partial charge in [0.25, 0.3) is 0 Å². The highest BCUT2D eigenvalue weighted by Gasteiger charge is 2.20. The van der Waals surface area contributed by atoms with Gasteiger partial charge < -0.3 is 10.6 Å². The van der Waals surface area contributed by atoms with E-state index in [2.05, 4.69) is 18.8 Å². The molecule has 1 aromatic heterocycles. The molecule has 0 bridgehead atoms. The maximum atomic E-state index is 12.2. The van der Waals surface area contributed by atoms with Crippen molar-refractivity contribution in [2.24, 2.45) is 11.7 Å². The van der Waals surface area contributed by atoms with Crippen LogP contribution in [0.2, 0.25) is 0 Å². The van der Waals surface area contributed by atoms with E-state index in [1.54, 1.807) is 11.1 Å². The highest BCUT2D eigenvalue weighted by Crippen LogP contribution is 2.08. The van der Waals surface area contributed by atoms with Gasteiger partial charge in [-0.15, -0.1) is 0 Å². The van der Waals surface area contributed by atoms with Gasteiger partial charge in [0.1, 0.15) is 0 Å². The summed E-state index contributed by atoms with van der Waals surface area (Å²) in [6.45, 7) is 7.29. The second-order valence-electron chi connectivity index (χ2n) is 4.91. The third-order valence-electron chi connectivity index (χ3n) is 2.81. The second kappa shape index (κ2) is 7.11. The summed E-state index contributed by atoms with van der Waals surface area (Å²) in [7, 11) is 0. The minimum atomic E-state index is -0.409. The van der Waals surface area contributed by atoms with E-state index in [0.29, 0.717) is 19.0 Å². The molecule has 0 aromatic carbocycles. The Hall–Kier alpha value is -1.42. The number of amides is 1. The van der Waals surface area contributed by atoms with E-state index >= 15 is 0 Å². The Morgan fingerprint density at radius 3 is 2.67 bits per heavy atom. The number of nitrogens with zero attached hydrogens (tertiary/aromatic N) is 2. The van der Waals surface area contributed by atoms with Gasteiger partial charge in [-0.05, 0) is 31.4 Å². The smallest absolute Gasteiger partial charge is 0.239 e. The number of pyridine rings is 1. The van der Waals surface area contributed by atoms with Crippen LogP contribution in [0.5, 0.6) is 0 Å². The molecule has 1 heterocycles. The molecule has 2 N–H and O–H groups in total. The Balaban J connectivity index is 2.63. The first-order valence-corrected chi connectivity index (χ1v) is 6.48. The molecule has 0 aliphatic carbocycles. The molecular formula is C14H23N3O. The minimum absolute atomic E-state index is 0.0110. The third kappa shape index (κ3) is 4.45. The van der Waals surface area contributed by atoms with Crippen molar-refractivity contribution in [1.29, 1.82) is 0 Å². The molecular weight excluding hydrogens is 226 g/mol. The SMILES string of the molecule is CCN(Cc1ccccn1)C(=O)[C@@H](N)CC(C)C. The van der Waals surface area contributed by atoms with Crippen LogP contribution >= 0.6 is 0 Å². The molecule has 4 heteroatoms. The maximum Gasteiger partial charge on any atom is 0.239 e. The van der Waals surface area contributed by atoms with Crippen LogP contribution < -0.4 is 5.73 Å². The average molecular weight is 249 g/mol. The van der Waals surface area contributed by atoms with Crippen molar-refractivity contribution in [3.63, 3.8) is 0 Å². The van der Waals surface area contributed by atoms with Gasteiger partial charge in [0, 0.05) is 12.7 Å². The second-order valence-corrected chi connectivity index (χ2v) is 4.91. The number of hydrogen-bond acceptors (Lipinski definition) is 3. The fourth-order valence-electron chi connectivity index (χ4n) is 1.88. The maximum absolute atomic E-state index is 12.2. The summed E-state index contributed by atoms with van der Waals surface area (Å²) in [5.74, 6) is 0.439. The van der Waals surface area contributed by atoms with Gasteiger partial charge in [-0.25, -0.2) is 0 Å². The molecule has 1 amide bonds. The van der Waals surface area contributed by atoms with Gasteiger partial charge in [0.15, 0.2) is 0 Å². The summed E-state index contributed by atoms with van der Waals surface area (Å²) < 4.78 is 0. The lowest BCUT2D eigenvalue weighted by Crippen LogP contribution is -2.44. The third-order valence-corrected chi connectivity index (χ3v) is 2.81. The van der Waals surface area contributed by atoms with Crippen molar-refractivity contribution in [3.05, 3.63) is 30.1 Å².